The average molecular weight is 302 g/mol. The first kappa shape index (κ1) is 13.9. The van der Waals surface area contributed by atoms with Gasteiger partial charge >= 0.3 is 0 Å². The zero-order chi connectivity index (χ0) is 14.8. The van der Waals surface area contributed by atoms with Crippen molar-refractivity contribution in [3.8, 4) is 11.4 Å². The molecule has 108 valence electrons. The van der Waals surface area contributed by atoms with Crippen LogP contribution in [0.1, 0.15) is 25.0 Å². The second-order valence-corrected chi connectivity index (χ2v) is 5.37. The van der Waals surface area contributed by atoms with Gasteiger partial charge in [0.15, 0.2) is 0 Å². The molecule has 2 aromatic heterocycles. The van der Waals surface area contributed by atoms with Crippen molar-refractivity contribution in [3.05, 3.63) is 48.5 Å². The van der Waals surface area contributed by atoms with Crippen LogP contribution in [-0.4, -0.2) is 21.1 Å². The largest absolute Gasteiger partial charge is 0.494 e. The molecule has 0 saturated carbocycles. The van der Waals surface area contributed by atoms with Crippen LogP contribution in [-0.2, 0) is 0 Å². The minimum Gasteiger partial charge on any atom is -0.494 e. The van der Waals surface area contributed by atoms with Crippen LogP contribution in [0.4, 0.5) is 0 Å². The van der Waals surface area contributed by atoms with Crippen LogP contribution in [0.5, 0.6) is 5.75 Å². The van der Waals surface area contributed by atoms with E-state index in [1.54, 1.807) is 12.4 Å². The predicted octanol–water partition coefficient (Wildman–Crippen LogP) is 4.12. The molecule has 0 aliphatic heterocycles. The number of rotatable bonds is 4. The van der Waals surface area contributed by atoms with Gasteiger partial charge in [-0.1, -0.05) is 6.07 Å². The van der Waals surface area contributed by atoms with Crippen molar-refractivity contribution < 1.29 is 4.74 Å². The Morgan fingerprint density at radius 3 is 2.95 bits per heavy atom. The van der Waals surface area contributed by atoms with E-state index >= 15 is 0 Å². The van der Waals surface area contributed by atoms with Crippen LogP contribution in [0.15, 0.2) is 42.7 Å². The highest BCUT2D eigenvalue weighted by atomic mass is 35.5. The highest BCUT2D eigenvalue weighted by molar-refractivity contribution is 6.20. The first-order chi connectivity index (χ1) is 10.2. The first-order valence-electron chi connectivity index (χ1n) is 6.90. The van der Waals surface area contributed by atoms with Gasteiger partial charge in [-0.15, -0.1) is 11.6 Å². The number of pyridine rings is 1. The Kier molecular flexibility index (Phi) is 3.80. The van der Waals surface area contributed by atoms with Crippen molar-refractivity contribution in [2.45, 2.75) is 19.2 Å². The molecule has 0 aliphatic rings. The van der Waals surface area contributed by atoms with E-state index in [1.807, 2.05) is 44.2 Å². The smallest absolute Gasteiger partial charge is 0.132 e. The summed E-state index contributed by atoms with van der Waals surface area (Å²) < 4.78 is 7.63. The molecule has 0 radical (unpaired) electrons. The van der Waals surface area contributed by atoms with E-state index in [1.165, 1.54) is 0 Å². The third-order valence-electron chi connectivity index (χ3n) is 3.23. The van der Waals surface area contributed by atoms with Crippen LogP contribution in [0.25, 0.3) is 16.7 Å². The van der Waals surface area contributed by atoms with Crippen LogP contribution in [0.2, 0.25) is 0 Å². The summed E-state index contributed by atoms with van der Waals surface area (Å²) >= 11 is 6.30. The summed E-state index contributed by atoms with van der Waals surface area (Å²) in [5, 5.41) is -0.201. The third-order valence-corrected chi connectivity index (χ3v) is 3.42. The number of ether oxygens (including phenoxy) is 1. The van der Waals surface area contributed by atoms with Crippen molar-refractivity contribution in [2.75, 3.05) is 6.61 Å². The van der Waals surface area contributed by atoms with E-state index in [0.717, 1.165) is 28.3 Å². The zero-order valence-corrected chi connectivity index (χ0v) is 12.7. The highest BCUT2D eigenvalue weighted by Gasteiger charge is 2.16. The Morgan fingerprint density at radius 1 is 1.33 bits per heavy atom. The standard InChI is InChI=1S/C16H16ClN3O/c1-3-21-13-6-4-5-12(9-13)20-15-7-8-18-10-14(15)19-16(20)11(2)17/h4-11H,3H2,1-2H3. The minimum atomic E-state index is -0.201. The van der Waals surface area contributed by atoms with Gasteiger partial charge in [-0.3, -0.25) is 9.55 Å². The monoisotopic (exact) mass is 301 g/mol. The quantitative estimate of drug-likeness (QED) is 0.681. The summed E-state index contributed by atoms with van der Waals surface area (Å²) in [7, 11) is 0. The maximum Gasteiger partial charge on any atom is 0.132 e. The average Bonchev–Trinajstić information content (AvgIpc) is 2.87. The van der Waals surface area contributed by atoms with Crippen LogP contribution < -0.4 is 4.74 Å². The molecule has 0 aliphatic carbocycles. The molecule has 3 rings (SSSR count). The third kappa shape index (κ3) is 2.59. The molecule has 0 fully saturated rings. The molecule has 1 unspecified atom stereocenters. The molecular weight excluding hydrogens is 286 g/mol. The maximum absolute atomic E-state index is 6.30. The summed E-state index contributed by atoms with van der Waals surface area (Å²) in [5.74, 6) is 1.63. The molecular formula is C16H16ClN3O. The van der Waals surface area contributed by atoms with E-state index in [0.29, 0.717) is 6.61 Å². The Balaban J connectivity index is 2.23. The number of imidazole rings is 1. The van der Waals surface area contributed by atoms with Gasteiger partial charge < -0.3 is 4.74 Å². The highest BCUT2D eigenvalue weighted by Crippen LogP contribution is 2.29. The fourth-order valence-corrected chi connectivity index (χ4v) is 2.51. The summed E-state index contributed by atoms with van der Waals surface area (Å²) in [6.45, 7) is 4.52. The van der Waals surface area contributed by atoms with Crippen molar-refractivity contribution in [2.24, 2.45) is 0 Å². The van der Waals surface area contributed by atoms with E-state index < -0.39 is 0 Å². The SMILES string of the molecule is CCOc1cccc(-n2c(C(C)Cl)nc3cnccc32)c1. The van der Waals surface area contributed by atoms with Gasteiger partial charge in [0.25, 0.3) is 0 Å². The maximum atomic E-state index is 6.30. The lowest BCUT2D eigenvalue weighted by molar-refractivity contribution is 0.340. The molecule has 5 heteroatoms. The lowest BCUT2D eigenvalue weighted by atomic mass is 10.2. The number of nitrogens with zero attached hydrogens (tertiary/aromatic N) is 3. The Labute approximate surface area is 128 Å². The first-order valence-corrected chi connectivity index (χ1v) is 7.34. The second kappa shape index (κ2) is 5.74. The molecule has 0 amide bonds. The van der Waals surface area contributed by atoms with Gasteiger partial charge in [0.2, 0.25) is 0 Å². The number of benzene rings is 1. The van der Waals surface area contributed by atoms with Gasteiger partial charge in [0.1, 0.15) is 17.1 Å². The minimum absolute atomic E-state index is 0.201. The molecule has 3 aromatic rings. The summed E-state index contributed by atoms with van der Waals surface area (Å²) in [5.41, 5.74) is 2.81. The van der Waals surface area contributed by atoms with Gasteiger partial charge in [-0.25, -0.2) is 4.98 Å². The Morgan fingerprint density at radius 2 is 2.19 bits per heavy atom. The molecule has 21 heavy (non-hydrogen) atoms. The lowest BCUT2D eigenvalue weighted by Crippen LogP contribution is -2.02. The van der Waals surface area contributed by atoms with Crippen molar-refractivity contribution in [1.29, 1.82) is 0 Å². The number of fused-ring (bicyclic) bond motifs is 1. The number of alkyl halides is 1. The normalized spacial score (nSPS) is 12.5. The fourth-order valence-electron chi connectivity index (χ4n) is 2.37. The Bertz CT molecular complexity index is 767. The molecule has 1 aromatic carbocycles. The summed E-state index contributed by atoms with van der Waals surface area (Å²) in [4.78, 5) is 8.72. The van der Waals surface area contributed by atoms with Gasteiger partial charge in [-0.2, -0.15) is 0 Å². The van der Waals surface area contributed by atoms with Gasteiger partial charge in [0.05, 0.1) is 29.4 Å². The Hall–Kier alpha value is -2.07. The number of halogens is 1. The van der Waals surface area contributed by atoms with E-state index in [-0.39, 0.29) is 5.38 Å². The van der Waals surface area contributed by atoms with Crippen molar-refractivity contribution in [3.63, 3.8) is 0 Å². The van der Waals surface area contributed by atoms with Crippen LogP contribution >= 0.6 is 11.6 Å². The number of hydrogen-bond acceptors (Lipinski definition) is 3. The molecule has 4 nitrogen and oxygen atoms in total. The van der Waals surface area contributed by atoms with E-state index in [2.05, 4.69) is 14.5 Å². The molecule has 0 spiro atoms. The molecule has 0 bridgehead atoms. The number of aromatic nitrogens is 3. The summed E-state index contributed by atoms with van der Waals surface area (Å²) in [6.07, 6.45) is 3.51. The molecule has 2 heterocycles. The van der Waals surface area contributed by atoms with Gasteiger partial charge in [0, 0.05) is 12.3 Å². The summed E-state index contributed by atoms with van der Waals surface area (Å²) in [6, 6.07) is 9.87. The topological polar surface area (TPSA) is 39.9 Å². The molecule has 0 saturated heterocycles. The van der Waals surface area contributed by atoms with Crippen LogP contribution in [0, 0.1) is 0 Å². The zero-order valence-electron chi connectivity index (χ0n) is 12.0. The second-order valence-electron chi connectivity index (χ2n) is 4.72. The van der Waals surface area contributed by atoms with E-state index in [4.69, 9.17) is 16.3 Å². The predicted molar refractivity (Wildman–Crippen MR) is 84.3 cm³/mol. The van der Waals surface area contributed by atoms with Crippen molar-refractivity contribution in [1.82, 2.24) is 14.5 Å². The van der Waals surface area contributed by atoms with Gasteiger partial charge in [-0.05, 0) is 32.0 Å². The van der Waals surface area contributed by atoms with E-state index in [9.17, 15) is 0 Å². The van der Waals surface area contributed by atoms with Crippen LogP contribution in [0.3, 0.4) is 0 Å². The molecule has 1 atom stereocenters. The lowest BCUT2D eigenvalue weighted by Gasteiger charge is -2.12. The fraction of sp³-hybridized carbons (Fsp3) is 0.250. The number of hydrogen-bond donors (Lipinski definition) is 0. The van der Waals surface area contributed by atoms with Crippen molar-refractivity contribution >= 4 is 22.6 Å². The molecule has 0 N–H and O–H groups in total.